The molecule has 0 aromatic carbocycles. The third kappa shape index (κ3) is 3.84. The van der Waals surface area contributed by atoms with Crippen molar-refractivity contribution in [3.63, 3.8) is 0 Å². The molecule has 1 aromatic heterocycles. The van der Waals surface area contributed by atoms with Crippen LogP contribution >= 0.6 is 15.9 Å². The minimum atomic E-state index is -3.50. The SMILES string of the molecule is CCCNCc1cc(S(=O)(=O)NC2CC2CC)c(Br)o1. The van der Waals surface area contributed by atoms with Crippen molar-refractivity contribution in [2.45, 2.75) is 50.6 Å². The number of hydrogen-bond donors (Lipinski definition) is 2. The van der Waals surface area contributed by atoms with E-state index in [0.29, 0.717) is 18.2 Å². The maximum Gasteiger partial charge on any atom is 0.245 e. The molecule has 0 saturated heterocycles. The smallest absolute Gasteiger partial charge is 0.245 e. The van der Waals surface area contributed by atoms with Gasteiger partial charge >= 0.3 is 0 Å². The van der Waals surface area contributed by atoms with E-state index in [1.165, 1.54) is 0 Å². The molecule has 1 aromatic rings. The normalized spacial score (nSPS) is 22.1. The Labute approximate surface area is 128 Å². The van der Waals surface area contributed by atoms with Crippen LogP contribution in [0, 0.1) is 5.92 Å². The average Bonchev–Trinajstić information content (AvgIpc) is 3.01. The van der Waals surface area contributed by atoms with Gasteiger partial charge in [-0.3, -0.25) is 0 Å². The summed E-state index contributed by atoms with van der Waals surface area (Å²) in [5.74, 6) is 1.09. The van der Waals surface area contributed by atoms with Crippen molar-refractivity contribution in [1.82, 2.24) is 10.0 Å². The van der Waals surface area contributed by atoms with Crippen molar-refractivity contribution in [3.05, 3.63) is 16.5 Å². The van der Waals surface area contributed by atoms with Gasteiger partial charge in [-0.05, 0) is 41.2 Å². The van der Waals surface area contributed by atoms with Crippen LogP contribution in [0.2, 0.25) is 0 Å². The Balaban J connectivity index is 2.03. The van der Waals surface area contributed by atoms with E-state index >= 15 is 0 Å². The number of rotatable bonds is 8. The summed E-state index contributed by atoms with van der Waals surface area (Å²) in [5.41, 5.74) is 0. The van der Waals surface area contributed by atoms with Crippen LogP contribution < -0.4 is 10.0 Å². The molecule has 0 bridgehead atoms. The Hall–Kier alpha value is -0.370. The summed E-state index contributed by atoms with van der Waals surface area (Å²) in [6, 6.07) is 1.66. The second-order valence-corrected chi connectivity index (χ2v) is 7.56. The lowest BCUT2D eigenvalue weighted by atomic mass is 10.3. The summed E-state index contributed by atoms with van der Waals surface area (Å²) in [7, 11) is -3.50. The summed E-state index contributed by atoms with van der Waals surface area (Å²) >= 11 is 3.19. The number of halogens is 1. The molecular weight excluding hydrogens is 344 g/mol. The van der Waals surface area contributed by atoms with Crippen LogP contribution in [-0.2, 0) is 16.6 Å². The molecule has 0 amide bonds. The molecule has 1 fully saturated rings. The maximum absolute atomic E-state index is 12.3. The third-order valence-corrected chi connectivity index (χ3v) is 5.82. The summed E-state index contributed by atoms with van der Waals surface area (Å²) in [5, 5.41) is 3.18. The largest absolute Gasteiger partial charge is 0.452 e. The molecule has 2 atom stereocenters. The predicted octanol–water partition coefficient (Wildman–Crippen LogP) is 2.62. The number of hydrogen-bond acceptors (Lipinski definition) is 4. The van der Waals surface area contributed by atoms with Gasteiger partial charge in [0.1, 0.15) is 10.7 Å². The van der Waals surface area contributed by atoms with Gasteiger partial charge in [-0.1, -0.05) is 20.3 Å². The first-order valence-corrected chi connectivity index (χ1v) is 9.26. The zero-order valence-electron chi connectivity index (χ0n) is 11.8. The van der Waals surface area contributed by atoms with E-state index in [1.807, 2.05) is 0 Å². The van der Waals surface area contributed by atoms with Crippen LogP contribution in [0.15, 0.2) is 20.0 Å². The van der Waals surface area contributed by atoms with E-state index in [1.54, 1.807) is 6.07 Å². The first kappa shape index (κ1) is 16.0. The molecule has 0 aliphatic heterocycles. The highest BCUT2D eigenvalue weighted by atomic mass is 79.9. The zero-order valence-corrected chi connectivity index (χ0v) is 14.2. The monoisotopic (exact) mass is 364 g/mol. The highest BCUT2D eigenvalue weighted by molar-refractivity contribution is 9.10. The lowest BCUT2D eigenvalue weighted by molar-refractivity contribution is 0.461. The third-order valence-electron chi connectivity index (χ3n) is 3.48. The number of sulfonamides is 1. The fourth-order valence-corrected chi connectivity index (χ4v) is 4.48. The van der Waals surface area contributed by atoms with Gasteiger partial charge < -0.3 is 9.73 Å². The van der Waals surface area contributed by atoms with Crippen molar-refractivity contribution < 1.29 is 12.8 Å². The lowest BCUT2D eigenvalue weighted by Crippen LogP contribution is -2.27. The predicted molar refractivity (Wildman–Crippen MR) is 80.9 cm³/mol. The Kier molecular flexibility index (Phi) is 5.28. The minimum absolute atomic E-state index is 0.0773. The second-order valence-electron chi connectivity index (χ2n) is 5.16. The molecular formula is C13H21BrN2O3S. The van der Waals surface area contributed by atoms with Crippen molar-refractivity contribution in [2.24, 2.45) is 5.92 Å². The van der Waals surface area contributed by atoms with Gasteiger partial charge in [0.25, 0.3) is 0 Å². The topological polar surface area (TPSA) is 71.3 Å². The molecule has 1 heterocycles. The van der Waals surface area contributed by atoms with Crippen molar-refractivity contribution in [3.8, 4) is 0 Å². The molecule has 5 nitrogen and oxygen atoms in total. The number of nitrogens with one attached hydrogen (secondary N) is 2. The van der Waals surface area contributed by atoms with E-state index < -0.39 is 10.0 Å². The lowest BCUT2D eigenvalue weighted by Gasteiger charge is -2.03. The van der Waals surface area contributed by atoms with Gasteiger partial charge in [0.05, 0.1) is 6.54 Å². The fourth-order valence-electron chi connectivity index (χ4n) is 2.16. The van der Waals surface area contributed by atoms with Gasteiger partial charge in [0, 0.05) is 12.1 Å². The average molecular weight is 365 g/mol. The standard InChI is InChI=1S/C13H21BrN2O3S/c1-3-5-15-8-10-7-12(13(14)19-10)20(17,18)16-11-6-9(11)4-2/h7,9,11,15-16H,3-6,8H2,1-2H3. The molecule has 7 heteroatoms. The summed E-state index contributed by atoms with van der Waals surface area (Å²) in [4.78, 5) is 0.188. The molecule has 114 valence electrons. The van der Waals surface area contributed by atoms with Gasteiger partial charge in [0.2, 0.25) is 10.0 Å². The molecule has 1 saturated carbocycles. The second kappa shape index (κ2) is 6.60. The van der Waals surface area contributed by atoms with Crippen LogP contribution in [0.1, 0.15) is 38.9 Å². The van der Waals surface area contributed by atoms with Gasteiger partial charge in [0.15, 0.2) is 4.67 Å². The Morgan fingerprint density at radius 2 is 2.20 bits per heavy atom. The van der Waals surface area contributed by atoms with Crippen molar-refractivity contribution in [2.75, 3.05) is 6.54 Å². The minimum Gasteiger partial charge on any atom is -0.452 e. The van der Waals surface area contributed by atoms with Crippen LogP contribution in [0.4, 0.5) is 0 Å². The maximum atomic E-state index is 12.3. The van der Waals surface area contributed by atoms with Gasteiger partial charge in [-0.15, -0.1) is 0 Å². The van der Waals surface area contributed by atoms with Crippen LogP contribution in [0.5, 0.6) is 0 Å². The molecule has 0 spiro atoms. The highest BCUT2D eigenvalue weighted by Gasteiger charge is 2.39. The van der Waals surface area contributed by atoms with Gasteiger partial charge in [-0.25, -0.2) is 13.1 Å². The molecule has 1 aliphatic carbocycles. The van der Waals surface area contributed by atoms with E-state index in [2.05, 4.69) is 39.8 Å². The zero-order chi connectivity index (χ0) is 14.8. The molecule has 0 radical (unpaired) electrons. The van der Waals surface area contributed by atoms with E-state index in [-0.39, 0.29) is 15.6 Å². The van der Waals surface area contributed by atoms with Crippen LogP contribution in [0.3, 0.4) is 0 Å². The Morgan fingerprint density at radius 1 is 1.45 bits per heavy atom. The Morgan fingerprint density at radius 3 is 2.80 bits per heavy atom. The van der Waals surface area contributed by atoms with E-state index in [9.17, 15) is 8.42 Å². The first-order valence-electron chi connectivity index (χ1n) is 6.99. The summed E-state index contributed by atoms with van der Waals surface area (Å²) in [6.07, 6.45) is 2.96. The molecule has 1 aliphatic rings. The van der Waals surface area contributed by atoms with Crippen LogP contribution in [0.25, 0.3) is 0 Å². The fraction of sp³-hybridized carbons (Fsp3) is 0.692. The summed E-state index contributed by atoms with van der Waals surface area (Å²) < 4.78 is 33.0. The van der Waals surface area contributed by atoms with Crippen molar-refractivity contribution >= 4 is 26.0 Å². The highest BCUT2D eigenvalue weighted by Crippen LogP contribution is 2.35. The first-order chi connectivity index (χ1) is 9.47. The molecule has 20 heavy (non-hydrogen) atoms. The molecule has 2 N–H and O–H groups in total. The summed E-state index contributed by atoms with van der Waals surface area (Å²) in [6.45, 7) is 5.55. The quantitative estimate of drug-likeness (QED) is 0.695. The van der Waals surface area contributed by atoms with E-state index in [4.69, 9.17) is 4.42 Å². The van der Waals surface area contributed by atoms with E-state index in [0.717, 1.165) is 25.8 Å². The van der Waals surface area contributed by atoms with Gasteiger partial charge in [-0.2, -0.15) is 0 Å². The number of furan rings is 1. The Bertz CT molecular complexity index is 556. The molecule has 2 rings (SSSR count). The molecule has 2 unspecified atom stereocenters. The van der Waals surface area contributed by atoms with Crippen LogP contribution in [-0.4, -0.2) is 21.0 Å². The van der Waals surface area contributed by atoms with Crippen molar-refractivity contribution in [1.29, 1.82) is 0 Å².